The van der Waals surface area contributed by atoms with Crippen LogP contribution >= 0.6 is 7.82 Å². The molecule has 1 N–H and O–H groups in total. The minimum absolute atomic E-state index is 0.0326. The Morgan fingerprint density at radius 1 is 0.400 bits per heavy atom. The summed E-state index contributed by atoms with van der Waals surface area (Å²) in [5.41, 5.74) is 0. The van der Waals surface area contributed by atoms with Crippen LogP contribution in [-0.4, -0.2) is 74.9 Å². The summed E-state index contributed by atoms with van der Waals surface area (Å²) < 4.78 is 34.6. The van der Waals surface area contributed by atoms with E-state index in [0.29, 0.717) is 17.4 Å². The zero-order chi connectivity index (χ0) is 58.4. The number of phosphoric ester groups is 1. The largest absolute Gasteiger partial charge is 0.472 e. The number of hydrogen-bond donors (Lipinski definition) is 1. The van der Waals surface area contributed by atoms with Gasteiger partial charge in [-0.15, -0.1) is 0 Å². The smallest absolute Gasteiger partial charge is 0.462 e. The van der Waals surface area contributed by atoms with Crippen molar-refractivity contribution >= 4 is 19.8 Å². The van der Waals surface area contributed by atoms with Gasteiger partial charge in [-0.1, -0.05) is 293 Å². The minimum atomic E-state index is -4.39. The van der Waals surface area contributed by atoms with Crippen LogP contribution in [0.2, 0.25) is 0 Å². The van der Waals surface area contributed by atoms with Crippen molar-refractivity contribution in [3.05, 3.63) is 60.8 Å². The number of quaternary nitrogens is 1. The zero-order valence-electron chi connectivity index (χ0n) is 53.3. The van der Waals surface area contributed by atoms with Crippen molar-refractivity contribution in [3.8, 4) is 0 Å². The predicted molar refractivity (Wildman–Crippen MR) is 344 cm³/mol. The highest BCUT2D eigenvalue weighted by Crippen LogP contribution is 2.43. The fourth-order valence-corrected chi connectivity index (χ4v) is 10.6. The van der Waals surface area contributed by atoms with Gasteiger partial charge in [0.1, 0.15) is 19.8 Å². The van der Waals surface area contributed by atoms with Gasteiger partial charge in [0.05, 0.1) is 27.7 Å². The van der Waals surface area contributed by atoms with Gasteiger partial charge in [0, 0.05) is 12.8 Å². The lowest BCUT2D eigenvalue weighted by Crippen LogP contribution is -2.37. The van der Waals surface area contributed by atoms with Crippen LogP contribution < -0.4 is 0 Å². The van der Waals surface area contributed by atoms with E-state index in [2.05, 4.69) is 74.6 Å². The van der Waals surface area contributed by atoms with Crippen LogP contribution in [0.1, 0.15) is 322 Å². The number of allylic oxidation sites excluding steroid dienone is 10. The lowest BCUT2D eigenvalue weighted by molar-refractivity contribution is -0.870. The van der Waals surface area contributed by atoms with Gasteiger partial charge in [-0.3, -0.25) is 18.6 Å². The summed E-state index contributed by atoms with van der Waals surface area (Å²) in [5, 5.41) is 0. The van der Waals surface area contributed by atoms with E-state index in [4.69, 9.17) is 18.5 Å². The van der Waals surface area contributed by atoms with E-state index in [0.717, 1.165) is 57.8 Å². The van der Waals surface area contributed by atoms with Gasteiger partial charge in [-0.25, -0.2) is 4.57 Å². The second-order valence-electron chi connectivity index (χ2n) is 24.2. The van der Waals surface area contributed by atoms with Crippen molar-refractivity contribution in [1.29, 1.82) is 0 Å². The lowest BCUT2D eigenvalue weighted by Gasteiger charge is -2.24. The first-order valence-electron chi connectivity index (χ1n) is 34.0. The number of likely N-dealkylation sites (N-methyl/N-ethyl adjacent to an activating group) is 1. The Kier molecular flexibility index (Phi) is 59.5. The lowest BCUT2D eigenvalue weighted by atomic mass is 10.0. The number of esters is 2. The van der Waals surface area contributed by atoms with Crippen LogP contribution in [0.3, 0.4) is 0 Å². The Bertz CT molecular complexity index is 1530. The highest BCUT2D eigenvalue weighted by Gasteiger charge is 2.27. The first-order valence-corrected chi connectivity index (χ1v) is 35.5. The molecule has 0 aliphatic heterocycles. The van der Waals surface area contributed by atoms with Gasteiger partial charge in [0.2, 0.25) is 0 Å². The van der Waals surface area contributed by atoms with Gasteiger partial charge in [-0.05, 0) is 77.0 Å². The van der Waals surface area contributed by atoms with E-state index in [9.17, 15) is 19.0 Å². The molecule has 0 fully saturated rings. The summed E-state index contributed by atoms with van der Waals surface area (Å²) in [4.78, 5) is 35.8. The van der Waals surface area contributed by atoms with E-state index in [1.54, 1.807) is 0 Å². The molecule has 0 radical (unpaired) electrons. The SMILES string of the molecule is CC/C=C\C/C=C\C/C=C\C/C=C\CCCCCCCCCCCCCCCCCCCCCCCCCCCCC(=O)OC(COC(=O)CCCCCCCCC/C=C\CCCCCCCC)COP(=O)(O)OCC[N+](C)(C)C. The molecule has 0 aliphatic carbocycles. The fourth-order valence-electron chi connectivity index (χ4n) is 9.83. The van der Waals surface area contributed by atoms with Gasteiger partial charge >= 0.3 is 19.8 Å². The van der Waals surface area contributed by atoms with Crippen LogP contribution in [0.4, 0.5) is 0 Å². The van der Waals surface area contributed by atoms with Crippen molar-refractivity contribution < 1.29 is 42.1 Å². The number of carbonyl (C=O) groups is 2. The van der Waals surface area contributed by atoms with E-state index >= 15 is 0 Å². The molecule has 9 nitrogen and oxygen atoms in total. The quantitative estimate of drug-likeness (QED) is 0.0211. The molecule has 0 rings (SSSR count). The third-order valence-electron chi connectivity index (χ3n) is 15.0. The number of unbranched alkanes of at least 4 members (excludes halogenated alkanes) is 39. The van der Waals surface area contributed by atoms with Crippen LogP contribution in [0, 0.1) is 0 Å². The monoisotopic (exact) mass is 1140 g/mol. The molecule has 0 aromatic heterocycles. The summed E-state index contributed by atoms with van der Waals surface area (Å²) in [5.74, 6) is -0.787. The molecule has 0 aliphatic rings. The Morgan fingerprint density at radius 3 is 1.07 bits per heavy atom. The fraction of sp³-hybridized carbons (Fsp3) is 0.829. The number of hydrogen-bond acceptors (Lipinski definition) is 7. The second kappa shape index (κ2) is 61.3. The Balaban J connectivity index is 3.91. The molecule has 0 saturated carbocycles. The maximum Gasteiger partial charge on any atom is 0.472 e. The summed E-state index contributed by atoms with van der Waals surface area (Å²) in [6.07, 6.45) is 80.5. The number of ether oxygens (including phenoxy) is 2. The van der Waals surface area contributed by atoms with Crippen LogP contribution in [0.25, 0.3) is 0 Å². The topological polar surface area (TPSA) is 108 Å². The van der Waals surface area contributed by atoms with Crippen molar-refractivity contribution in [3.63, 3.8) is 0 Å². The normalized spacial score (nSPS) is 13.5. The average Bonchev–Trinajstić information content (AvgIpc) is 3.42. The van der Waals surface area contributed by atoms with E-state index in [1.807, 2.05) is 21.1 Å². The summed E-state index contributed by atoms with van der Waals surface area (Å²) in [6, 6.07) is 0. The van der Waals surface area contributed by atoms with Crippen LogP contribution in [0.5, 0.6) is 0 Å². The first kappa shape index (κ1) is 77.7. The number of phosphoric acid groups is 1. The zero-order valence-corrected chi connectivity index (χ0v) is 54.2. The molecule has 0 bridgehead atoms. The van der Waals surface area contributed by atoms with Gasteiger partial charge < -0.3 is 18.9 Å². The Labute approximate surface area is 496 Å². The summed E-state index contributed by atoms with van der Waals surface area (Å²) >= 11 is 0. The standard InChI is InChI=1S/C70H130NO8P/c1-6-8-10-12-14-16-18-20-22-24-25-26-27-28-29-30-31-32-33-34-35-36-37-38-39-40-41-42-43-44-45-47-49-51-53-55-57-59-61-63-70(73)79-68(67-78-80(74,75)77-65-64-71(3,4)5)66-76-69(72)62-60-58-56-54-52-50-48-46-23-21-19-17-15-13-11-9-7-2/h8,10,14,16,20-23,25-26,68H,6-7,9,11-13,15,17-19,24,27-67H2,1-5H3/p+1/b10-8-,16-14-,22-20-,23-21-,26-25-. The molecular formula is C70H131NO8P+. The molecule has 468 valence electrons. The summed E-state index contributed by atoms with van der Waals surface area (Å²) in [6.45, 7) is 4.35. The van der Waals surface area contributed by atoms with Crippen LogP contribution in [0.15, 0.2) is 60.8 Å². The molecule has 0 heterocycles. The molecular weight excluding hydrogens is 1010 g/mol. The molecule has 2 atom stereocenters. The molecule has 0 amide bonds. The third-order valence-corrected chi connectivity index (χ3v) is 16.0. The Hall–Kier alpha value is -2.29. The average molecular weight is 1150 g/mol. The minimum Gasteiger partial charge on any atom is -0.462 e. The molecule has 0 aromatic rings. The molecule has 0 saturated heterocycles. The van der Waals surface area contributed by atoms with Gasteiger partial charge in [0.15, 0.2) is 6.10 Å². The van der Waals surface area contributed by atoms with Crippen LogP contribution in [-0.2, 0) is 32.7 Å². The van der Waals surface area contributed by atoms with E-state index in [1.165, 1.54) is 231 Å². The van der Waals surface area contributed by atoms with Crippen molar-refractivity contribution in [2.24, 2.45) is 0 Å². The molecule has 0 spiro atoms. The predicted octanol–water partition coefficient (Wildman–Crippen LogP) is 21.8. The maximum absolute atomic E-state index is 12.9. The maximum atomic E-state index is 12.9. The van der Waals surface area contributed by atoms with E-state index in [-0.39, 0.29) is 32.0 Å². The van der Waals surface area contributed by atoms with Gasteiger partial charge in [-0.2, -0.15) is 0 Å². The van der Waals surface area contributed by atoms with Crippen molar-refractivity contribution in [2.75, 3.05) is 47.5 Å². The number of nitrogens with zero attached hydrogens (tertiary/aromatic N) is 1. The molecule has 0 aromatic carbocycles. The van der Waals surface area contributed by atoms with Crippen molar-refractivity contribution in [2.45, 2.75) is 328 Å². The number of rotatable bonds is 63. The summed E-state index contributed by atoms with van der Waals surface area (Å²) in [7, 11) is 1.49. The highest BCUT2D eigenvalue weighted by atomic mass is 31.2. The van der Waals surface area contributed by atoms with Crippen molar-refractivity contribution in [1.82, 2.24) is 0 Å². The molecule has 2 unspecified atom stereocenters. The van der Waals surface area contributed by atoms with E-state index < -0.39 is 26.5 Å². The Morgan fingerprint density at radius 2 is 0.713 bits per heavy atom. The first-order chi connectivity index (χ1) is 39.0. The third kappa shape index (κ3) is 64.9. The second-order valence-corrected chi connectivity index (χ2v) is 25.6. The molecule has 80 heavy (non-hydrogen) atoms. The number of carbonyl (C=O) groups excluding carboxylic acids is 2. The molecule has 10 heteroatoms. The van der Waals surface area contributed by atoms with Gasteiger partial charge in [0.25, 0.3) is 0 Å². The highest BCUT2D eigenvalue weighted by molar-refractivity contribution is 7.47.